The first-order chi connectivity index (χ1) is 30.9. The molecule has 0 aromatic carbocycles. The van der Waals surface area contributed by atoms with Crippen LogP contribution in [0.25, 0.3) is 0 Å². The van der Waals surface area contributed by atoms with E-state index in [1.807, 2.05) is 0 Å². The van der Waals surface area contributed by atoms with Gasteiger partial charge in [0.25, 0.3) is 5.88 Å². The van der Waals surface area contributed by atoms with Gasteiger partial charge < -0.3 is 62.2 Å². The van der Waals surface area contributed by atoms with E-state index in [-0.39, 0.29) is 0 Å². The highest BCUT2D eigenvalue weighted by molar-refractivity contribution is 6.08. The van der Waals surface area contributed by atoms with Crippen LogP contribution in [-0.2, 0) is 52.1 Å². The number of ether oxygens (including phenoxy) is 12. The smallest absolute Gasteiger partial charge is 0.443 e. The molecule has 3 heterocycles. The van der Waals surface area contributed by atoms with Gasteiger partial charge in [-0.15, -0.1) is 4.90 Å². The minimum absolute atomic E-state index is 0.302. The van der Waals surface area contributed by atoms with Crippen LogP contribution in [0.5, 0.6) is 5.88 Å². The van der Waals surface area contributed by atoms with Gasteiger partial charge in [-0.3, -0.25) is 0 Å². The Morgan fingerprint density at radius 3 is 1.38 bits per heavy atom. The van der Waals surface area contributed by atoms with E-state index < -0.39 is 143 Å². The van der Waals surface area contributed by atoms with Gasteiger partial charge in [0, 0.05) is 0 Å². The highest BCUT2D eigenvalue weighted by Gasteiger charge is 2.58. The number of anilines is 3. The molecule has 1 N–H and O–H groups in total. The van der Waals surface area contributed by atoms with Gasteiger partial charge in [0.1, 0.15) is 63.6 Å². The summed E-state index contributed by atoms with van der Waals surface area (Å²) in [5.74, 6) is -2.23. The number of nitrogens with zero attached hydrogens (tertiary/aromatic N) is 4. The van der Waals surface area contributed by atoms with E-state index in [0.29, 0.717) is 4.90 Å². The SMILES string of the molecule is CC(C)(C)OC(=O)OCC1OC2C(Nc3c(OC(=O)OC(C)(C)C)nc(N(C(=O)OC(C)(C)C)C(=O)OC(C)(C)C)nc3N2C(=O)OC(C)(C)C)C(OC(=O)OC(C)(C)C)C1OC(=O)OC(C)(C)C. The molecule has 5 atom stereocenters. The summed E-state index contributed by atoms with van der Waals surface area (Å²) in [6, 6.07) is -1.62. The zero-order chi connectivity index (χ0) is 53.2. The van der Waals surface area contributed by atoms with Crippen molar-refractivity contribution in [1.29, 1.82) is 0 Å². The molecule has 0 bridgehead atoms. The van der Waals surface area contributed by atoms with Crippen LogP contribution >= 0.6 is 0 Å². The molecule has 3 rings (SSSR count). The summed E-state index contributed by atoms with van der Waals surface area (Å²) < 4.78 is 68.2. The van der Waals surface area contributed by atoms with Crippen molar-refractivity contribution in [3.63, 3.8) is 0 Å². The first-order valence-electron chi connectivity index (χ1n) is 22.1. The van der Waals surface area contributed by atoms with Gasteiger partial charge in [-0.25, -0.2) is 38.5 Å². The van der Waals surface area contributed by atoms with Gasteiger partial charge >= 0.3 is 42.9 Å². The molecule has 24 heteroatoms. The molecule has 24 nitrogen and oxygen atoms in total. The van der Waals surface area contributed by atoms with Crippen LogP contribution in [0.15, 0.2) is 0 Å². The second-order valence-electron chi connectivity index (χ2n) is 22.8. The fraction of sp³-hybridized carbons (Fsp3) is 0.756. The maximum absolute atomic E-state index is 14.8. The number of hydrogen-bond acceptors (Lipinski definition) is 22. The second-order valence-corrected chi connectivity index (χ2v) is 22.8. The van der Waals surface area contributed by atoms with Crippen molar-refractivity contribution < 1.29 is 90.4 Å². The second kappa shape index (κ2) is 20.5. The number of aromatic nitrogens is 2. The lowest BCUT2D eigenvalue weighted by Gasteiger charge is -2.50. The van der Waals surface area contributed by atoms with E-state index in [9.17, 15) is 33.6 Å². The Labute approximate surface area is 402 Å². The van der Waals surface area contributed by atoms with Gasteiger partial charge in [0.2, 0.25) is 5.95 Å². The fourth-order valence-corrected chi connectivity index (χ4v) is 5.80. The Hall–Kier alpha value is -6.07. The van der Waals surface area contributed by atoms with Crippen molar-refractivity contribution in [2.45, 2.75) is 215 Å². The van der Waals surface area contributed by atoms with Crippen LogP contribution in [0.4, 0.5) is 51.0 Å². The minimum atomic E-state index is -1.81. The summed E-state index contributed by atoms with van der Waals surface area (Å²) >= 11 is 0. The van der Waals surface area contributed by atoms with E-state index in [4.69, 9.17) is 56.8 Å². The summed E-state index contributed by atoms with van der Waals surface area (Å²) in [6.07, 6.45) is -16.2. The van der Waals surface area contributed by atoms with Crippen molar-refractivity contribution in [3.05, 3.63) is 0 Å². The molecular formula is C45H71N5O19. The zero-order valence-electron chi connectivity index (χ0n) is 43.6. The molecule has 0 aliphatic carbocycles. The highest BCUT2D eigenvalue weighted by atomic mass is 16.8. The Morgan fingerprint density at radius 1 is 0.536 bits per heavy atom. The van der Waals surface area contributed by atoms with Crippen molar-refractivity contribution in [3.8, 4) is 5.88 Å². The average molecular weight is 986 g/mol. The van der Waals surface area contributed by atoms with Gasteiger partial charge in [0.15, 0.2) is 24.3 Å². The van der Waals surface area contributed by atoms with E-state index >= 15 is 0 Å². The molecular weight excluding hydrogens is 915 g/mol. The molecule has 69 heavy (non-hydrogen) atoms. The van der Waals surface area contributed by atoms with Crippen LogP contribution < -0.4 is 19.9 Å². The van der Waals surface area contributed by atoms with Crippen LogP contribution in [0.3, 0.4) is 0 Å². The van der Waals surface area contributed by atoms with E-state index in [2.05, 4.69) is 15.3 Å². The standard InChI is InChI=1S/C45H71N5O19/c1-39(2,3)63-32(51)49-28-25(29(62-38(57)69-45(19,20)21)48-31(47-28)50(33(52)64-40(4,5)6)34(53)65-41(7,8)9)46-24-27(61-37(56)68-44(16,17)18)26(60-36(55)67-43(13,14)15)23(59-30(24)49)22-58-35(54)66-42(10,11)12/h23-24,26-27,30,46H,22H2,1-21H3. The van der Waals surface area contributed by atoms with Crippen molar-refractivity contribution in [2.75, 3.05) is 21.7 Å². The largest absolute Gasteiger partial charge is 0.515 e. The molecule has 1 saturated heterocycles. The quantitative estimate of drug-likeness (QED) is 0.205. The summed E-state index contributed by atoms with van der Waals surface area (Å²) in [4.78, 5) is 106. The van der Waals surface area contributed by atoms with E-state index in [0.717, 1.165) is 4.90 Å². The molecule has 1 fully saturated rings. The summed E-state index contributed by atoms with van der Waals surface area (Å²) in [6.45, 7) is 31.7. The number of rotatable bonds is 6. The molecule has 1 aromatic rings. The van der Waals surface area contributed by atoms with E-state index in [1.54, 1.807) is 104 Å². The van der Waals surface area contributed by atoms with E-state index in [1.165, 1.54) is 41.5 Å². The lowest BCUT2D eigenvalue weighted by Crippen LogP contribution is -2.70. The molecule has 1 aromatic heterocycles. The third-order valence-electron chi connectivity index (χ3n) is 7.81. The summed E-state index contributed by atoms with van der Waals surface area (Å²) in [5.41, 5.74) is -8.60. The molecule has 3 amide bonds. The predicted molar refractivity (Wildman–Crippen MR) is 243 cm³/mol. The molecule has 0 radical (unpaired) electrons. The molecule has 0 saturated carbocycles. The fourth-order valence-electron chi connectivity index (χ4n) is 5.80. The Kier molecular flexibility index (Phi) is 17.0. The monoisotopic (exact) mass is 985 g/mol. The summed E-state index contributed by atoms with van der Waals surface area (Å²) in [7, 11) is 0. The third kappa shape index (κ3) is 18.4. The van der Waals surface area contributed by atoms with Gasteiger partial charge in [0.05, 0.1) is 0 Å². The van der Waals surface area contributed by atoms with Crippen molar-refractivity contribution in [1.82, 2.24) is 9.97 Å². The number of fused-ring (bicyclic) bond motifs is 2. The maximum atomic E-state index is 14.8. The van der Waals surface area contributed by atoms with Crippen LogP contribution in [0.1, 0.15) is 145 Å². The lowest BCUT2D eigenvalue weighted by molar-refractivity contribution is -0.202. The van der Waals surface area contributed by atoms with Crippen LogP contribution in [-0.4, -0.2) is 129 Å². The maximum Gasteiger partial charge on any atom is 0.515 e. The number of nitrogens with one attached hydrogen (secondary N) is 1. The Morgan fingerprint density at radius 2 is 0.942 bits per heavy atom. The number of amides is 3. The number of imide groups is 1. The lowest BCUT2D eigenvalue weighted by atomic mass is 9.93. The highest BCUT2D eigenvalue weighted by Crippen LogP contribution is 2.45. The van der Waals surface area contributed by atoms with Gasteiger partial charge in [-0.1, -0.05) is 0 Å². The predicted octanol–water partition coefficient (Wildman–Crippen LogP) is 9.32. The minimum Gasteiger partial charge on any atom is -0.443 e. The number of hydrogen-bond donors (Lipinski definition) is 1. The van der Waals surface area contributed by atoms with Crippen LogP contribution in [0.2, 0.25) is 0 Å². The summed E-state index contributed by atoms with van der Waals surface area (Å²) in [5, 5.41) is 2.99. The number of carbonyl (C=O) groups is 7. The molecule has 5 unspecified atom stereocenters. The van der Waals surface area contributed by atoms with Crippen LogP contribution in [0, 0.1) is 0 Å². The van der Waals surface area contributed by atoms with Crippen molar-refractivity contribution in [2.24, 2.45) is 0 Å². The molecule has 390 valence electrons. The number of carbonyl (C=O) groups excluding carboxylic acids is 7. The van der Waals surface area contributed by atoms with Crippen molar-refractivity contribution >= 4 is 60.4 Å². The third-order valence-corrected chi connectivity index (χ3v) is 7.81. The Balaban J connectivity index is 2.55. The molecule has 2 aliphatic rings. The van der Waals surface area contributed by atoms with Gasteiger partial charge in [-0.2, -0.15) is 9.97 Å². The zero-order valence-corrected chi connectivity index (χ0v) is 43.6. The average Bonchev–Trinajstić information content (AvgIpc) is 3.05. The first-order valence-corrected chi connectivity index (χ1v) is 22.1. The first kappa shape index (κ1) is 57.2. The molecule has 0 spiro atoms. The topological polar surface area (TPSA) is 275 Å². The normalized spacial score (nSPS) is 19.7. The Bertz CT molecular complexity index is 2050. The van der Waals surface area contributed by atoms with Gasteiger partial charge in [-0.05, 0) is 145 Å². The molecule has 2 aliphatic heterocycles.